The van der Waals surface area contributed by atoms with Gasteiger partial charge >= 0.3 is 6.03 Å². The molecule has 1 aromatic heterocycles. The average Bonchev–Trinajstić information content (AvgIpc) is 3.43. The van der Waals surface area contributed by atoms with Crippen LogP contribution in [0.1, 0.15) is 36.8 Å². The van der Waals surface area contributed by atoms with Crippen LogP contribution in [0.4, 0.5) is 10.5 Å². The highest BCUT2D eigenvalue weighted by atomic mass is 16.5. The quantitative estimate of drug-likeness (QED) is 0.621. The summed E-state index contributed by atoms with van der Waals surface area (Å²) in [5.41, 5.74) is 2.99. The first-order valence-electron chi connectivity index (χ1n) is 10.1. The number of rotatable bonds is 7. The second-order valence-corrected chi connectivity index (χ2v) is 7.41. The van der Waals surface area contributed by atoms with Gasteiger partial charge in [0.2, 0.25) is 0 Å². The molecule has 0 unspecified atom stereocenters. The summed E-state index contributed by atoms with van der Waals surface area (Å²) in [4.78, 5) is 16.2. The van der Waals surface area contributed by atoms with Crippen LogP contribution in [-0.4, -0.2) is 21.7 Å². The molecule has 2 N–H and O–H groups in total. The fraction of sp³-hybridized carbons (Fsp3) is 0.304. The Hall–Kier alpha value is -3.28. The molecule has 0 spiro atoms. The Morgan fingerprint density at radius 2 is 1.76 bits per heavy atom. The third kappa shape index (κ3) is 5.60. The van der Waals surface area contributed by atoms with Gasteiger partial charge in [-0.2, -0.15) is 0 Å². The molecule has 1 saturated carbocycles. The summed E-state index contributed by atoms with van der Waals surface area (Å²) in [6, 6.07) is 15.5. The van der Waals surface area contributed by atoms with Crippen LogP contribution in [0, 0.1) is 0 Å². The van der Waals surface area contributed by atoms with Gasteiger partial charge in [-0.25, -0.2) is 9.78 Å². The number of urea groups is 1. The number of hydrogen-bond acceptors (Lipinski definition) is 3. The summed E-state index contributed by atoms with van der Waals surface area (Å²) in [5.74, 6) is 0.860. The lowest BCUT2D eigenvalue weighted by Gasteiger charge is -2.13. The largest absolute Gasteiger partial charge is 0.490 e. The molecular formula is C23H26N4O2. The van der Waals surface area contributed by atoms with Gasteiger partial charge in [-0.3, -0.25) is 0 Å². The number of aromatic nitrogens is 2. The van der Waals surface area contributed by atoms with E-state index in [0.717, 1.165) is 36.4 Å². The van der Waals surface area contributed by atoms with Crippen molar-refractivity contribution in [1.29, 1.82) is 0 Å². The topological polar surface area (TPSA) is 68.2 Å². The average molecular weight is 390 g/mol. The minimum atomic E-state index is -0.225. The van der Waals surface area contributed by atoms with Crippen LogP contribution >= 0.6 is 0 Å². The maximum absolute atomic E-state index is 12.2. The number of amides is 2. The zero-order chi connectivity index (χ0) is 19.9. The van der Waals surface area contributed by atoms with E-state index >= 15 is 0 Å². The molecule has 1 aliphatic rings. The van der Waals surface area contributed by atoms with Crippen molar-refractivity contribution in [3.63, 3.8) is 0 Å². The molecule has 6 nitrogen and oxygen atoms in total. The van der Waals surface area contributed by atoms with Crippen LogP contribution in [0.2, 0.25) is 0 Å². The Labute approximate surface area is 170 Å². The van der Waals surface area contributed by atoms with Gasteiger partial charge in [-0.15, -0.1) is 0 Å². The molecule has 2 aromatic carbocycles. The maximum atomic E-state index is 12.2. The molecule has 0 radical (unpaired) electrons. The summed E-state index contributed by atoms with van der Waals surface area (Å²) in [6.45, 7) is 1.26. The van der Waals surface area contributed by atoms with E-state index in [-0.39, 0.29) is 6.03 Å². The summed E-state index contributed by atoms with van der Waals surface area (Å²) < 4.78 is 7.97. The molecule has 1 fully saturated rings. The molecule has 6 heteroatoms. The third-order valence-corrected chi connectivity index (χ3v) is 5.12. The number of carbonyl (C=O) groups is 1. The van der Waals surface area contributed by atoms with Crippen molar-refractivity contribution >= 4 is 11.7 Å². The Morgan fingerprint density at radius 1 is 1.03 bits per heavy atom. The molecule has 0 bridgehead atoms. The first-order chi connectivity index (χ1) is 14.2. The molecule has 0 saturated heterocycles. The van der Waals surface area contributed by atoms with Crippen molar-refractivity contribution in [2.75, 3.05) is 5.32 Å². The number of nitrogens with zero attached hydrogens (tertiary/aromatic N) is 2. The van der Waals surface area contributed by atoms with Crippen LogP contribution in [0.15, 0.2) is 67.3 Å². The summed E-state index contributed by atoms with van der Waals surface area (Å²) in [7, 11) is 0. The van der Waals surface area contributed by atoms with E-state index in [1.807, 2.05) is 47.2 Å². The highest BCUT2D eigenvalue weighted by molar-refractivity contribution is 5.89. The lowest BCUT2D eigenvalue weighted by Crippen LogP contribution is -2.28. The number of imidazole rings is 1. The van der Waals surface area contributed by atoms with E-state index in [4.69, 9.17) is 4.74 Å². The smallest absolute Gasteiger partial charge is 0.319 e. The van der Waals surface area contributed by atoms with Gasteiger partial charge < -0.3 is 19.9 Å². The van der Waals surface area contributed by atoms with Gasteiger partial charge in [0.25, 0.3) is 0 Å². The lowest BCUT2D eigenvalue weighted by atomic mass is 10.1. The summed E-state index contributed by atoms with van der Waals surface area (Å²) in [5, 5.41) is 5.75. The van der Waals surface area contributed by atoms with Crippen molar-refractivity contribution in [2.24, 2.45) is 0 Å². The van der Waals surface area contributed by atoms with Crippen LogP contribution < -0.4 is 15.4 Å². The molecule has 3 aromatic rings. The van der Waals surface area contributed by atoms with Crippen LogP contribution in [0.25, 0.3) is 0 Å². The number of carbonyl (C=O) groups excluding carboxylic acids is 1. The van der Waals surface area contributed by atoms with Crippen molar-refractivity contribution in [3.05, 3.63) is 78.4 Å². The van der Waals surface area contributed by atoms with Gasteiger partial charge in [0, 0.05) is 31.2 Å². The van der Waals surface area contributed by atoms with Crippen molar-refractivity contribution in [2.45, 2.75) is 44.9 Å². The van der Waals surface area contributed by atoms with Gasteiger partial charge in [0.1, 0.15) is 5.75 Å². The molecule has 1 heterocycles. The van der Waals surface area contributed by atoms with Crippen molar-refractivity contribution in [1.82, 2.24) is 14.9 Å². The molecule has 1 aliphatic carbocycles. The van der Waals surface area contributed by atoms with Crippen LogP contribution in [-0.2, 0) is 13.1 Å². The third-order valence-electron chi connectivity index (χ3n) is 5.12. The Kier molecular flexibility index (Phi) is 6.10. The standard InChI is InChI=1S/C23H26N4O2/c28-23(26-20-9-11-22(12-10-20)29-21-3-1-2-4-21)25-15-18-5-7-19(8-6-18)16-27-14-13-24-17-27/h5-14,17,21H,1-4,15-16H2,(H2,25,26,28). The number of ether oxygens (including phenoxy) is 1. The van der Waals surface area contributed by atoms with E-state index in [2.05, 4.69) is 27.8 Å². The highest BCUT2D eigenvalue weighted by Crippen LogP contribution is 2.25. The number of nitrogens with one attached hydrogen (secondary N) is 2. The molecule has 150 valence electrons. The minimum absolute atomic E-state index is 0.225. The SMILES string of the molecule is O=C(NCc1ccc(Cn2ccnc2)cc1)Nc1ccc(OC2CCCC2)cc1. The fourth-order valence-corrected chi connectivity index (χ4v) is 3.53. The van der Waals surface area contributed by atoms with E-state index in [1.54, 1.807) is 12.5 Å². The van der Waals surface area contributed by atoms with E-state index in [1.165, 1.54) is 18.4 Å². The zero-order valence-electron chi connectivity index (χ0n) is 16.4. The maximum Gasteiger partial charge on any atom is 0.319 e. The normalized spacial score (nSPS) is 13.9. The van der Waals surface area contributed by atoms with Crippen LogP contribution in [0.5, 0.6) is 5.75 Å². The molecule has 2 amide bonds. The second-order valence-electron chi connectivity index (χ2n) is 7.41. The van der Waals surface area contributed by atoms with Gasteiger partial charge in [-0.1, -0.05) is 24.3 Å². The van der Waals surface area contributed by atoms with Gasteiger partial charge in [0.15, 0.2) is 0 Å². The number of benzene rings is 2. The predicted molar refractivity (Wildman–Crippen MR) is 113 cm³/mol. The van der Waals surface area contributed by atoms with E-state index < -0.39 is 0 Å². The lowest BCUT2D eigenvalue weighted by molar-refractivity contribution is 0.210. The summed E-state index contributed by atoms with van der Waals surface area (Å²) >= 11 is 0. The fourth-order valence-electron chi connectivity index (χ4n) is 3.53. The van der Waals surface area contributed by atoms with Crippen molar-refractivity contribution < 1.29 is 9.53 Å². The van der Waals surface area contributed by atoms with Gasteiger partial charge in [0.05, 0.1) is 12.4 Å². The predicted octanol–water partition coefficient (Wildman–Crippen LogP) is 4.57. The molecule has 0 atom stereocenters. The highest BCUT2D eigenvalue weighted by Gasteiger charge is 2.16. The zero-order valence-corrected chi connectivity index (χ0v) is 16.4. The molecule has 0 aliphatic heterocycles. The van der Waals surface area contributed by atoms with Gasteiger partial charge in [-0.05, 0) is 61.1 Å². The van der Waals surface area contributed by atoms with Crippen molar-refractivity contribution in [3.8, 4) is 5.75 Å². The molecule has 4 rings (SSSR count). The molecular weight excluding hydrogens is 364 g/mol. The Balaban J connectivity index is 1.22. The Bertz CT molecular complexity index is 899. The minimum Gasteiger partial charge on any atom is -0.490 e. The monoisotopic (exact) mass is 390 g/mol. The van der Waals surface area contributed by atoms with Crippen LogP contribution in [0.3, 0.4) is 0 Å². The first kappa shape index (κ1) is 19.1. The summed E-state index contributed by atoms with van der Waals surface area (Å²) in [6.07, 6.45) is 10.6. The van der Waals surface area contributed by atoms with E-state index in [9.17, 15) is 4.79 Å². The molecule has 29 heavy (non-hydrogen) atoms. The number of anilines is 1. The first-order valence-corrected chi connectivity index (χ1v) is 10.1. The Morgan fingerprint density at radius 3 is 2.45 bits per heavy atom. The number of hydrogen-bond donors (Lipinski definition) is 2. The van der Waals surface area contributed by atoms with E-state index in [0.29, 0.717) is 12.6 Å². The second kappa shape index (κ2) is 9.28.